The molecule has 15 heteroatoms. The number of nitrogens with zero attached hydrogens (tertiary/aromatic N) is 6. The molecule has 250 valence electrons. The number of halogens is 1. The maximum absolute atomic E-state index is 10.2. The van der Waals surface area contributed by atoms with Crippen LogP contribution >= 0.6 is 11.6 Å². The van der Waals surface area contributed by atoms with Gasteiger partial charge in [0.2, 0.25) is 5.28 Å². The van der Waals surface area contributed by atoms with Crippen molar-refractivity contribution in [1.82, 2.24) is 19.7 Å². The number of aromatic nitrogens is 4. The van der Waals surface area contributed by atoms with E-state index in [4.69, 9.17) is 46.4 Å². The van der Waals surface area contributed by atoms with E-state index < -0.39 is 18.4 Å². The van der Waals surface area contributed by atoms with Gasteiger partial charge in [0.1, 0.15) is 30.9 Å². The fraction of sp³-hybridized carbons (Fsp3) is 0.581. The lowest BCUT2D eigenvalue weighted by Crippen LogP contribution is -2.47. The Labute approximate surface area is 273 Å². The first-order valence-electron chi connectivity index (χ1n) is 15.4. The minimum absolute atomic E-state index is 0.110. The van der Waals surface area contributed by atoms with Gasteiger partial charge >= 0.3 is 0 Å². The average molecular weight is 661 g/mol. The summed E-state index contributed by atoms with van der Waals surface area (Å²) in [6, 6.07) is 8.05. The van der Waals surface area contributed by atoms with E-state index in [9.17, 15) is 10.2 Å². The molecule has 2 fully saturated rings. The summed E-state index contributed by atoms with van der Waals surface area (Å²) in [5.74, 6) is 3.90. The van der Waals surface area contributed by atoms with Crippen LogP contribution in [-0.2, 0) is 23.7 Å². The molecule has 0 saturated carbocycles. The van der Waals surface area contributed by atoms with Gasteiger partial charge in [0.25, 0.3) is 0 Å². The van der Waals surface area contributed by atoms with E-state index in [2.05, 4.69) is 42.9 Å². The number of benzene rings is 1. The number of hydrogen-bond acceptors (Lipinski definition) is 13. The molecule has 0 amide bonds. The van der Waals surface area contributed by atoms with Gasteiger partial charge in [-0.1, -0.05) is 5.92 Å². The lowest BCUT2D eigenvalue weighted by atomic mass is 10.2. The van der Waals surface area contributed by atoms with Crippen LogP contribution in [0.1, 0.15) is 12.6 Å². The minimum Gasteiger partial charge on any atom is -0.491 e. The monoisotopic (exact) mass is 660 g/mol. The number of piperazine rings is 1. The van der Waals surface area contributed by atoms with Crippen LogP contribution in [0.4, 0.5) is 11.5 Å². The Kier molecular flexibility index (Phi) is 13.0. The van der Waals surface area contributed by atoms with Crippen LogP contribution in [0.2, 0.25) is 5.28 Å². The summed E-state index contributed by atoms with van der Waals surface area (Å²) in [5.41, 5.74) is 1.64. The molecular formula is C31H41ClN6O8. The van der Waals surface area contributed by atoms with Crippen molar-refractivity contribution in [1.29, 1.82) is 0 Å². The summed E-state index contributed by atoms with van der Waals surface area (Å²) >= 11 is 6.34. The third-order valence-electron chi connectivity index (χ3n) is 7.64. The molecule has 0 radical (unpaired) electrons. The van der Waals surface area contributed by atoms with Crippen LogP contribution in [-0.4, -0.2) is 134 Å². The molecule has 3 atom stereocenters. The molecular weight excluding hydrogens is 620 g/mol. The Balaban J connectivity index is 1.01. The number of aliphatic hydroxyl groups is 2. The van der Waals surface area contributed by atoms with Crippen LogP contribution in [0.15, 0.2) is 30.5 Å². The molecule has 0 aliphatic carbocycles. The van der Waals surface area contributed by atoms with Crippen LogP contribution < -0.4 is 14.5 Å². The Bertz CT molecular complexity index is 1400. The SMILES string of the molecule is C#CCOCCOCCOCCOCCOc1ccc(N2CCN(c3nc(Cl)nc4c3cnn4[C@H]3C[C@H](O)[C@@H](CO)O3)CC2)cc1. The van der Waals surface area contributed by atoms with Gasteiger partial charge in [0, 0.05) is 38.3 Å². The first kappa shape index (κ1) is 34.1. The van der Waals surface area contributed by atoms with Gasteiger partial charge in [-0.25, -0.2) is 4.68 Å². The summed E-state index contributed by atoms with van der Waals surface area (Å²) in [7, 11) is 0. The van der Waals surface area contributed by atoms with Crippen molar-refractivity contribution in [3.63, 3.8) is 0 Å². The Hall–Kier alpha value is -3.26. The Morgan fingerprint density at radius 3 is 2.15 bits per heavy atom. The molecule has 46 heavy (non-hydrogen) atoms. The third kappa shape index (κ3) is 9.18. The van der Waals surface area contributed by atoms with Crippen LogP contribution in [0.5, 0.6) is 5.75 Å². The molecule has 14 nitrogen and oxygen atoms in total. The maximum Gasteiger partial charge on any atom is 0.226 e. The number of fused-ring (bicyclic) bond motifs is 1. The van der Waals surface area contributed by atoms with Crippen LogP contribution in [0.25, 0.3) is 11.0 Å². The fourth-order valence-corrected chi connectivity index (χ4v) is 5.46. The van der Waals surface area contributed by atoms with Crippen molar-refractivity contribution in [3.8, 4) is 18.1 Å². The number of anilines is 2. The zero-order chi connectivity index (χ0) is 32.1. The van der Waals surface area contributed by atoms with Gasteiger partial charge in [-0.2, -0.15) is 15.1 Å². The van der Waals surface area contributed by atoms with Crippen molar-refractivity contribution in [3.05, 3.63) is 35.7 Å². The molecule has 0 bridgehead atoms. The Morgan fingerprint density at radius 2 is 1.52 bits per heavy atom. The Morgan fingerprint density at radius 1 is 0.891 bits per heavy atom. The van der Waals surface area contributed by atoms with Gasteiger partial charge in [0.05, 0.1) is 70.5 Å². The van der Waals surface area contributed by atoms with E-state index in [0.29, 0.717) is 77.3 Å². The van der Waals surface area contributed by atoms with Gasteiger partial charge in [-0.05, 0) is 35.9 Å². The molecule has 2 aliphatic rings. The highest BCUT2D eigenvalue weighted by molar-refractivity contribution is 6.28. The number of hydrogen-bond donors (Lipinski definition) is 2. The summed E-state index contributed by atoms with van der Waals surface area (Å²) in [6.45, 7) is 6.92. The maximum atomic E-state index is 10.2. The molecule has 1 aromatic carbocycles. The summed E-state index contributed by atoms with van der Waals surface area (Å²) in [4.78, 5) is 13.4. The summed E-state index contributed by atoms with van der Waals surface area (Å²) in [6.07, 6.45) is 5.12. The van der Waals surface area contributed by atoms with Crippen molar-refractivity contribution >= 4 is 34.1 Å². The fourth-order valence-electron chi connectivity index (χ4n) is 5.30. The van der Waals surface area contributed by atoms with E-state index in [1.54, 1.807) is 10.9 Å². The minimum atomic E-state index is -0.779. The molecule has 4 heterocycles. The topological polar surface area (TPSA) is 146 Å². The highest BCUT2D eigenvalue weighted by Gasteiger charge is 2.36. The molecule has 2 saturated heterocycles. The first-order chi connectivity index (χ1) is 22.6. The van der Waals surface area contributed by atoms with Gasteiger partial charge in [-0.15, -0.1) is 6.42 Å². The van der Waals surface area contributed by atoms with E-state index in [0.717, 1.165) is 43.0 Å². The zero-order valence-electron chi connectivity index (χ0n) is 25.7. The average Bonchev–Trinajstić information content (AvgIpc) is 3.67. The molecule has 5 rings (SSSR count). The lowest BCUT2D eigenvalue weighted by Gasteiger charge is -2.37. The van der Waals surface area contributed by atoms with Crippen molar-refractivity contribution in [2.24, 2.45) is 0 Å². The second-order valence-corrected chi connectivity index (χ2v) is 11.0. The zero-order valence-corrected chi connectivity index (χ0v) is 26.5. The number of terminal acetylenes is 1. The van der Waals surface area contributed by atoms with E-state index in [1.807, 2.05) is 12.1 Å². The molecule has 2 N–H and O–H groups in total. The van der Waals surface area contributed by atoms with Crippen LogP contribution in [0, 0.1) is 12.3 Å². The second kappa shape index (κ2) is 17.6. The number of rotatable bonds is 18. The van der Waals surface area contributed by atoms with E-state index >= 15 is 0 Å². The normalized spacial score (nSPS) is 20.0. The van der Waals surface area contributed by atoms with E-state index in [-0.39, 0.29) is 11.9 Å². The molecule has 3 aromatic rings. The van der Waals surface area contributed by atoms with Crippen molar-refractivity contribution < 1.29 is 38.6 Å². The summed E-state index contributed by atoms with van der Waals surface area (Å²) < 4.78 is 34.8. The van der Waals surface area contributed by atoms with Gasteiger partial charge < -0.3 is 48.4 Å². The predicted molar refractivity (Wildman–Crippen MR) is 170 cm³/mol. The molecule has 0 spiro atoms. The molecule has 2 aliphatic heterocycles. The predicted octanol–water partition coefficient (Wildman–Crippen LogP) is 1.53. The third-order valence-corrected chi connectivity index (χ3v) is 7.81. The largest absolute Gasteiger partial charge is 0.491 e. The standard InChI is InChI=1S/C31H41ClN6O8/c1-2-11-41-12-13-42-14-15-43-16-17-44-18-19-45-24-5-3-23(4-6-24)36-7-9-37(10-8-36)29-25-21-33-38(30(25)35-31(32)34-29)28-20-26(40)27(22-39)46-28/h1,3-6,21,26-28,39-40H,7-20,22H2/t26-,27+,28+/m0/s1. The molecule has 2 aromatic heterocycles. The quantitative estimate of drug-likeness (QED) is 0.116. The van der Waals surface area contributed by atoms with Crippen molar-refractivity contribution in [2.75, 3.05) is 102 Å². The van der Waals surface area contributed by atoms with Crippen molar-refractivity contribution in [2.45, 2.75) is 24.9 Å². The second-order valence-electron chi connectivity index (χ2n) is 10.7. The number of ether oxygens (including phenoxy) is 6. The highest BCUT2D eigenvalue weighted by atomic mass is 35.5. The highest BCUT2D eigenvalue weighted by Crippen LogP contribution is 2.33. The molecule has 0 unspecified atom stereocenters. The smallest absolute Gasteiger partial charge is 0.226 e. The van der Waals surface area contributed by atoms with Crippen LogP contribution in [0.3, 0.4) is 0 Å². The van der Waals surface area contributed by atoms with Gasteiger partial charge in [0.15, 0.2) is 11.9 Å². The first-order valence-corrected chi connectivity index (χ1v) is 15.8. The summed E-state index contributed by atoms with van der Waals surface area (Å²) in [5, 5.41) is 25.0. The number of aliphatic hydroxyl groups excluding tert-OH is 2. The van der Waals surface area contributed by atoms with E-state index in [1.165, 1.54) is 0 Å². The van der Waals surface area contributed by atoms with Gasteiger partial charge in [-0.3, -0.25) is 0 Å². The lowest BCUT2D eigenvalue weighted by molar-refractivity contribution is -0.0470.